The van der Waals surface area contributed by atoms with Gasteiger partial charge in [-0.25, -0.2) is 0 Å². The fourth-order valence-electron chi connectivity index (χ4n) is 2.73. The number of ether oxygens (including phenoxy) is 2. The lowest BCUT2D eigenvalue weighted by molar-refractivity contribution is -0.133. The highest BCUT2D eigenvalue weighted by Crippen LogP contribution is 2.21. The largest absolute Gasteiger partial charge is 0.496 e. The highest BCUT2D eigenvalue weighted by molar-refractivity contribution is 5.77. The average molecular weight is 306 g/mol. The summed E-state index contributed by atoms with van der Waals surface area (Å²) in [4.78, 5) is 14.3. The summed E-state index contributed by atoms with van der Waals surface area (Å²) in [7, 11) is 1.65. The highest BCUT2D eigenvalue weighted by atomic mass is 16.5. The van der Waals surface area contributed by atoms with Crippen molar-refractivity contribution in [2.75, 3.05) is 20.3 Å². The minimum Gasteiger partial charge on any atom is -0.496 e. The first-order chi connectivity index (χ1) is 10.6. The zero-order valence-corrected chi connectivity index (χ0v) is 13.5. The van der Waals surface area contributed by atoms with Crippen LogP contribution in [0.5, 0.6) is 5.75 Å². The molecule has 1 aromatic rings. The number of hydrogen-bond acceptors (Lipinski definition) is 4. The normalized spacial score (nSPS) is 19.0. The summed E-state index contributed by atoms with van der Waals surface area (Å²) >= 11 is 0. The molecule has 1 saturated heterocycles. The molecule has 1 amide bonds. The van der Waals surface area contributed by atoms with Crippen molar-refractivity contribution in [2.45, 2.75) is 44.9 Å². The lowest BCUT2D eigenvalue weighted by Gasteiger charge is -2.27. The van der Waals surface area contributed by atoms with Crippen LogP contribution >= 0.6 is 0 Å². The fraction of sp³-hybridized carbons (Fsp3) is 0.588. The third-order valence-corrected chi connectivity index (χ3v) is 3.85. The number of nitrogens with zero attached hydrogens (tertiary/aromatic N) is 1. The minimum atomic E-state index is -0.142. The van der Waals surface area contributed by atoms with Crippen LogP contribution in [0.1, 0.15) is 31.7 Å². The molecule has 1 fully saturated rings. The second-order valence-electron chi connectivity index (χ2n) is 5.90. The van der Waals surface area contributed by atoms with Crippen molar-refractivity contribution < 1.29 is 14.3 Å². The SMILES string of the molecule is COc1ccccc1CN(CC1CCCO1)C(=O)CC(C)N. The molecule has 1 aliphatic heterocycles. The molecule has 5 nitrogen and oxygen atoms in total. The first-order valence-corrected chi connectivity index (χ1v) is 7.87. The lowest BCUT2D eigenvalue weighted by atomic mass is 10.1. The van der Waals surface area contributed by atoms with E-state index in [1.165, 1.54) is 0 Å². The van der Waals surface area contributed by atoms with E-state index < -0.39 is 0 Å². The van der Waals surface area contributed by atoms with E-state index in [9.17, 15) is 4.79 Å². The first-order valence-electron chi connectivity index (χ1n) is 7.87. The van der Waals surface area contributed by atoms with Crippen LogP contribution in [0.25, 0.3) is 0 Å². The summed E-state index contributed by atoms with van der Waals surface area (Å²) in [6, 6.07) is 7.64. The Labute approximate surface area is 132 Å². The van der Waals surface area contributed by atoms with Crippen molar-refractivity contribution >= 4 is 5.91 Å². The molecule has 2 rings (SSSR count). The van der Waals surface area contributed by atoms with Crippen molar-refractivity contribution in [3.63, 3.8) is 0 Å². The van der Waals surface area contributed by atoms with E-state index >= 15 is 0 Å². The number of methoxy groups -OCH3 is 1. The standard InChI is InChI=1S/C17H26N2O3/c1-13(18)10-17(20)19(12-15-7-5-9-22-15)11-14-6-3-4-8-16(14)21-2/h3-4,6,8,13,15H,5,7,9-12,18H2,1-2H3. The monoisotopic (exact) mass is 306 g/mol. The Balaban J connectivity index is 2.10. The van der Waals surface area contributed by atoms with E-state index in [-0.39, 0.29) is 18.1 Å². The van der Waals surface area contributed by atoms with Gasteiger partial charge in [0.1, 0.15) is 5.75 Å². The molecule has 1 aliphatic rings. The number of carbonyl (C=O) groups excluding carboxylic acids is 1. The van der Waals surface area contributed by atoms with Gasteiger partial charge in [-0.1, -0.05) is 18.2 Å². The van der Waals surface area contributed by atoms with Crippen LogP contribution in [0.3, 0.4) is 0 Å². The van der Waals surface area contributed by atoms with Crippen molar-refractivity contribution in [3.05, 3.63) is 29.8 Å². The van der Waals surface area contributed by atoms with Crippen LogP contribution in [0.2, 0.25) is 0 Å². The van der Waals surface area contributed by atoms with E-state index in [2.05, 4.69) is 0 Å². The molecule has 0 aliphatic carbocycles. The number of para-hydroxylation sites is 1. The third-order valence-electron chi connectivity index (χ3n) is 3.85. The molecule has 22 heavy (non-hydrogen) atoms. The lowest BCUT2D eigenvalue weighted by Crippen LogP contribution is -2.39. The van der Waals surface area contributed by atoms with Crippen molar-refractivity contribution in [3.8, 4) is 5.75 Å². The van der Waals surface area contributed by atoms with Crippen LogP contribution in [0.15, 0.2) is 24.3 Å². The fourth-order valence-corrected chi connectivity index (χ4v) is 2.73. The van der Waals surface area contributed by atoms with Crippen molar-refractivity contribution in [1.29, 1.82) is 0 Å². The average Bonchev–Trinajstić information content (AvgIpc) is 2.99. The maximum Gasteiger partial charge on any atom is 0.224 e. The van der Waals surface area contributed by atoms with Gasteiger partial charge in [-0.15, -0.1) is 0 Å². The van der Waals surface area contributed by atoms with Gasteiger partial charge in [0.25, 0.3) is 0 Å². The highest BCUT2D eigenvalue weighted by Gasteiger charge is 2.24. The number of benzene rings is 1. The molecule has 0 radical (unpaired) electrons. The predicted molar refractivity (Wildman–Crippen MR) is 85.7 cm³/mol. The van der Waals surface area contributed by atoms with Gasteiger partial charge in [0, 0.05) is 37.7 Å². The molecule has 2 N–H and O–H groups in total. The van der Waals surface area contributed by atoms with Crippen LogP contribution in [0.4, 0.5) is 0 Å². The van der Waals surface area contributed by atoms with Gasteiger partial charge in [0.05, 0.1) is 13.2 Å². The number of carbonyl (C=O) groups is 1. The van der Waals surface area contributed by atoms with E-state index in [1.54, 1.807) is 7.11 Å². The van der Waals surface area contributed by atoms with E-state index in [0.717, 1.165) is 30.8 Å². The molecule has 2 atom stereocenters. The summed E-state index contributed by atoms with van der Waals surface area (Å²) in [5.74, 6) is 0.866. The third kappa shape index (κ3) is 4.71. The van der Waals surface area contributed by atoms with Crippen LogP contribution in [-0.2, 0) is 16.1 Å². The minimum absolute atomic E-state index is 0.0661. The smallest absolute Gasteiger partial charge is 0.224 e. The second-order valence-corrected chi connectivity index (χ2v) is 5.90. The topological polar surface area (TPSA) is 64.8 Å². The predicted octanol–water partition coefficient (Wildman–Crippen LogP) is 1.94. The van der Waals surface area contributed by atoms with Gasteiger partial charge in [-0.05, 0) is 25.8 Å². The number of nitrogens with two attached hydrogens (primary N) is 1. The summed E-state index contributed by atoms with van der Waals surface area (Å²) < 4.78 is 11.1. The zero-order chi connectivity index (χ0) is 15.9. The molecular formula is C17H26N2O3. The van der Waals surface area contributed by atoms with Crippen LogP contribution in [-0.4, -0.2) is 43.2 Å². The van der Waals surface area contributed by atoms with Crippen molar-refractivity contribution in [2.24, 2.45) is 5.73 Å². The van der Waals surface area contributed by atoms with Gasteiger partial charge in [0.2, 0.25) is 5.91 Å². The summed E-state index contributed by atoms with van der Waals surface area (Å²) in [5.41, 5.74) is 6.79. The molecule has 0 saturated carbocycles. The van der Waals surface area contributed by atoms with Crippen LogP contribution in [0, 0.1) is 0 Å². The van der Waals surface area contributed by atoms with Gasteiger partial charge in [0.15, 0.2) is 0 Å². The Morgan fingerprint density at radius 2 is 2.27 bits per heavy atom. The summed E-state index contributed by atoms with van der Waals surface area (Å²) in [5, 5.41) is 0. The maximum atomic E-state index is 12.5. The maximum absolute atomic E-state index is 12.5. The Bertz CT molecular complexity index is 485. The van der Waals surface area contributed by atoms with E-state index in [0.29, 0.717) is 19.5 Å². The van der Waals surface area contributed by atoms with Crippen LogP contribution < -0.4 is 10.5 Å². The Kier molecular flexibility index (Phi) is 6.21. The Hall–Kier alpha value is -1.59. The molecule has 122 valence electrons. The second kappa shape index (κ2) is 8.15. The van der Waals surface area contributed by atoms with Crippen molar-refractivity contribution in [1.82, 2.24) is 4.90 Å². The summed E-state index contributed by atoms with van der Waals surface area (Å²) in [6.07, 6.45) is 2.55. The molecule has 0 bridgehead atoms. The van der Waals surface area contributed by atoms with E-state index in [1.807, 2.05) is 36.1 Å². The molecule has 1 aromatic carbocycles. The zero-order valence-electron chi connectivity index (χ0n) is 13.5. The number of amides is 1. The van der Waals surface area contributed by atoms with E-state index in [4.69, 9.17) is 15.2 Å². The number of rotatable bonds is 7. The molecule has 1 heterocycles. The molecule has 0 spiro atoms. The molecule has 2 unspecified atom stereocenters. The first kappa shape index (κ1) is 16.8. The molecular weight excluding hydrogens is 280 g/mol. The quantitative estimate of drug-likeness (QED) is 0.836. The summed E-state index contributed by atoms with van der Waals surface area (Å²) in [6.45, 7) is 3.78. The number of hydrogen-bond donors (Lipinski definition) is 1. The van der Waals surface area contributed by atoms with Gasteiger partial charge in [-0.3, -0.25) is 4.79 Å². The molecule has 0 aromatic heterocycles. The molecule has 5 heteroatoms. The van der Waals surface area contributed by atoms with Gasteiger partial charge < -0.3 is 20.1 Å². The Morgan fingerprint density at radius 1 is 1.50 bits per heavy atom. The van der Waals surface area contributed by atoms with Gasteiger partial charge in [-0.2, -0.15) is 0 Å². The Morgan fingerprint density at radius 3 is 2.91 bits per heavy atom. The van der Waals surface area contributed by atoms with Gasteiger partial charge >= 0.3 is 0 Å².